The van der Waals surface area contributed by atoms with Crippen molar-refractivity contribution >= 4 is 11.6 Å². The molecule has 1 aliphatic carbocycles. The van der Waals surface area contributed by atoms with Crippen molar-refractivity contribution in [3.05, 3.63) is 30.2 Å². The highest BCUT2D eigenvalue weighted by Crippen LogP contribution is 2.40. The number of nitrogens with zero attached hydrogens (tertiary/aromatic N) is 4. The third kappa shape index (κ3) is 2.27. The molecule has 2 aromatic heterocycles. The van der Waals surface area contributed by atoms with Crippen LogP contribution in [-0.4, -0.2) is 51.7 Å². The molecule has 0 bridgehead atoms. The maximum atomic E-state index is 13.0. The Bertz CT molecular complexity index is 690. The van der Waals surface area contributed by atoms with Gasteiger partial charge in [0.1, 0.15) is 12.0 Å². The molecular formula is C16H20N4O2. The van der Waals surface area contributed by atoms with Crippen LogP contribution in [0.25, 0.3) is 5.65 Å². The Labute approximate surface area is 129 Å². The van der Waals surface area contributed by atoms with E-state index in [1.54, 1.807) is 10.7 Å². The second-order valence-corrected chi connectivity index (χ2v) is 6.46. The maximum Gasteiger partial charge on any atom is 0.271 e. The summed E-state index contributed by atoms with van der Waals surface area (Å²) in [5.41, 5.74) is 1.48. The fourth-order valence-electron chi connectivity index (χ4n) is 3.78. The summed E-state index contributed by atoms with van der Waals surface area (Å²) in [5.74, 6) is 0.0437. The minimum Gasteiger partial charge on any atom is -0.379 e. The normalized spacial score (nSPS) is 21.4. The molecule has 3 heterocycles. The fraction of sp³-hybridized carbons (Fsp3) is 0.562. The van der Waals surface area contributed by atoms with Crippen LogP contribution in [0.3, 0.4) is 0 Å². The summed E-state index contributed by atoms with van der Waals surface area (Å²) in [4.78, 5) is 14.9. The molecule has 1 aliphatic heterocycles. The van der Waals surface area contributed by atoms with E-state index < -0.39 is 0 Å². The van der Waals surface area contributed by atoms with E-state index in [1.165, 1.54) is 12.8 Å². The number of rotatable bonds is 1. The van der Waals surface area contributed by atoms with E-state index in [0.717, 1.165) is 26.0 Å². The Balaban J connectivity index is 1.65. The molecule has 1 saturated heterocycles. The zero-order valence-electron chi connectivity index (χ0n) is 12.6. The summed E-state index contributed by atoms with van der Waals surface area (Å²) in [7, 11) is 0. The van der Waals surface area contributed by atoms with Gasteiger partial charge in [-0.2, -0.15) is 0 Å². The summed E-state index contributed by atoms with van der Waals surface area (Å²) in [6, 6.07) is 5.55. The molecule has 0 unspecified atom stereocenters. The van der Waals surface area contributed by atoms with E-state index in [4.69, 9.17) is 4.74 Å². The maximum absolute atomic E-state index is 13.0. The lowest BCUT2D eigenvalue weighted by Gasteiger charge is -2.31. The molecule has 6 heteroatoms. The number of ether oxygens (including phenoxy) is 1. The van der Waals surface area contributed by atoms with Crippen LogP contribution >= 0.6 is 0 Å². The summed E-state index contributed by atoms with van der Waals surface area (Å²) in [6.45, 7) is 2.85. The predicted molar refractivity (Wildman–Crippen MR) is 80.6 cm³/mol. The number of amides is 1. The zero-order chi connectivity index (χ0) is 15.0. The van der Waals surface area contributed by atoms with Gasteiger partial charge in [0.05, 0.1) is 13.2 Å². The number of hydrogen-bond acceptors (Lipinski definition) is 4. The molecule has 1 saturated carbocycles. The third-order valence-electron chi connectivity index (χ3n) is 4.94. The lowest BCUT2D eigenvalue weighted by molar-refractivity contribution is 0.0640. The molecule has 116 valence electrons. The van der Waals surface area contributed by atoms with Gasteiger partial charge in [0.25, 0.3) is 5.91 Å². The van der Waals surface area contributed by atoms with Gasteiger partial charge in [-0.3, -0.25) is 9.20 Å². The van der Waals surface area contributed by atoms with Gasteiger partial charge in [-0.05, 0) is 25.0 Å². The highest BCUT2D eigenvalue weighted by Gasteiger charge is 2.39. The fourth-order valence-corrected chi connectivity index (χ4v) is 3.78. The molecular weight excluding hydrogens is 280 g/mol. The van der Waals surface area contributed by atoms with Gasteiger partial charge in [-0.15, -0.1) is 10.2 Å². The number of carbonyl (C=O) groups is 1. The molecule has 0 atom stereocenters. The lowest BCUT2D eigenvalue weighted by Crippen LogP contribution is -2.41. The predicted octanol–water partition coefficient (Wildman–Crippen LogP) is 1.76. The highest BCUT2D eigenvalue weighted by atomic mass is 16.5. The molecule has 1 amide bonds. The van der Waals surface area contributed by atoms with Gasteiger partial charge in [0.15, 0.2) is 5.65 Å². The summed E-state index contributed by atoms with van der Waals surface area (Å²) in [6.07, 6.45) is 6.41. The van der Waals surface area contributed by atoms with E-state index in [-0.39, 0.29) is 11.3 Å². The number of carbonyl (C=O) groups excluding carboxylic acids is 1. The molecule has 2 aliphatic rings. The van der Waals surface area contributed by atoms with Gasteiger partial charge in [0.2, 0.25) is 0 Å². The van der Waals surface area contributed by atoms with Crippen LogP contribution in [0.4, 0.5) is 0 Å². The number of fused-ring (bicyclic) bond motifs is 1. The van der Waals surface area contributed by atoms with Crippen LogP contribution < -0.4 is 0 Å². The molecule has 4 rings (SSSR count). The molecule has 2 aromatic rings. The Kier molecular flexibility index (Phi) is 3.33. The molecule has 2 fully saturated rings. The Morgan fingerprint density at radius 3 is 3.00 bits per heavy atom. The molecule has 6 nitrogen and oxygen atoms in total. The van der Waals surface area contributed by atoms with Crippen LogP contribution in [0.2, 0.25) is 0 Å². The Morgan fingerprint density at radius 1 is 1.27 bits per heavy atom. The van der Waals surface area contributed by atoms with Crippen LogP contribution in [0.1, 0.15) is 36.2 Å². The first kappa shape index (κ1) is 13.7. The van der Waals surface area contributed by atoms with Crippen molar-refractivity contribution in [1.29, 1.82) is 0 Å². The molecule has 22 heavy (non-hydrogen) atoms. The van der Waals surface area contributed by atoms with E-state index >= 15 is 0 Å². The highest BCUT2D eigenvalue weighted by molar-refractivity contribution is 5.93. The Hall–Kier alpha value is -1.95. The minimum atomic E-state index is 0.0437. The van der Waals surface area contributed by atoms with Crippen molar-refractivity contribution in [2.45, 2.75) is 25.7 Å². The largest absolute Gasteiger partial charge is 0.379 e. The zero-order valence-corrected chi connectivity index (χ0v) is 12.6. The van der Waals surface area contributed by atoms with Gasteiger partial charge >= 0.3 is 0 Å². The van der Waals surface area contributed by atoms with E-state index in [9.17, 15) is 4.79 Å². The monoisotopic (exact) mass is 300 g/mol. The number of aromatic nitrogens is 3. The van der Waals surface area contributed by atoms with Gasteiger partial charge in [-0.1, -0.05) is 18.9 Å². The van der Waals surface area contributed by atoms with Gasteiger partial charge < -0.3 is 9.64 Å². The summed E-state index contributed by atoms with van der Waals surface area (Å²) < 4.78 is 7.55. The number of pyridine rings is 1. The van der Waals surface area contributed by atoms with E-state index in [0.29, 0.717) is 24.5 Å². The molecule has 0 N–H and O–H groups in total. The average molecular weight is 300 g/mol. The van der Waals surface area contributed by atoms with Crippen LogP contribution in [0.15, 0.2) is 24.5 Å². The molecule has 0 radical (unpaired) electrons. The summed E-state index contributed by atoms with van der Waals surface area (Å²) in [5, 5.41) is 7.91. The standard InChI is InChI=1S/C16H20N4O2/c21-15(13-4-3-5-14-18-17-12-20(13)14)19-8-9-22-11-16(10-19)6-1-2-7-16/h3-5,12H,1-2,6-11H2. The average Bonchev–Trinajstić information content (AvgIpc) is 3.13. The topological polar surface area (TPSA) is 59.7 Å². The van der Waals surface area contributed by atoms with E-state index in [2.05, 4.69) is 10.2 Å². The first-order chi connectivity index (χ1) is 10.8. The van der Waals surface area contributed by atoms with Crippen molar-refractivity contribution in [1.82, 2.24) is 19.5 Å². The van der Waals surface area contributed by atoms with Crippen molar-refractivity contribution in [3.63, 3.8) is 0 Å². The number of hydrogen-bond donors (Lipinski definition) is 0. The van der Waals surface area contributed by atoms with Crippen molar-refractivity contribution in [3.8, 4) is 0 Å². The van der Waals surface area contributed by atoms with Gasteiger partial charge in [-0.25, -0.2) is 0 Å². The molecule has 0 aromatic carbocycles. The second kappa shape index (κ2) is 5.35. The molecule has 1 spiro atoms. The van der Waals surface area contributed by atoms with Crippen molar-refractivity contribution in [2.75, 3.05) is 26.3 Å². The third-order valence-corrected chi connectivity index (χ3v) is 4.94. The van der Waals surface area contributed by atoms with Crippen LogP contribution in [-0.2, 0) is 4.74 Å². The Morgan fingerprint density at radius 2 is 2.14 bits per heavy atom. The lowest BCUT2D eigenvalue weighted by atomic mass is 9.86. The first-order valence-corrected chi connectivity index (χ1v) is 7.93. The van der Waals surface area contributed by atoms with Crippen molar-refractivity contribution < 1.29 is 9.53 Å². The van der Waals surface area contributed by atoms with Crippen LogP contribution in [0, 0.1) is 5.41 Å². The van der Waals surface area contributed by atoms with Crippen LogP contribution in [0.5, 0.6) is 0 Å². The SMILES string of the molecule is O=C(c1cccc2nncn12)N1CCOCC2(CCCC2)C1. The van der Waals surface area contributed by atoms with Gasteiger partial charge in [0, 0.05) is 18.5 Å². The van der Waals surface area contributed by atoms with E-state index in [1.807, 2.05) is 23.1 Å². The quantitative estimate of drug-likeness (QED) is 0.805. The summed E-state index contributed by atoms with van der Waals surface area (Å²) >= 11 is 0. The van der Waals surface area contributed by atoms with Crippen molar-refractivity contribution in [2.24, 2.45) is 5.41 Å². The second-order valence-electron chi connectivity index (χ2n) is 6.46. The first-order valence-electron chi connectivity index (χ1n) is 7.93. The minimum absolute atomic E-state index is 0.0437. The smallest absolute Gasteiger partial charge is 0.271 e.